The van der Waals surface area contributed by atoms with E-state index in [-0.39, 0.29) is 11.6 Å². The van der Waals surface area contributed by atoms with Gasteiger partial charge in [0.1, 0.15) is 18.1 Å². The predicted octanol–water partition coefficient (Wildman–Crippen LogP) is 5.91. The second-order valence-corrected chi connectivity index (χ2v) is 11.2. The SMILES string of the molecule is COc1ccc([C@@H]2C3=C(N=c4s/c(=C/c5cccc(OCc6ccccc6)c5)c(=O)n42)c2ccccc2CC3)cc1. The summed E-state index contributed by atoms with van der Waals surface area (Å²) >= 11 is 1.44. The summed E-state index contributed by atoms with van der Waals surface area (Å²) in [6, 6.07) is 34.3. The first-order chi connectivity index (χ1) is 20.2. The number of nitrogens with zero attached hydrogens (tertiary/aromatic N) is 2. The van der Waals surface area contributed by atoms with Gasteiger partial charge in [0, 0.05) is 5.56 Å². The van der Waals surface area contributed by atoms with Crippen LogP contribution in [0.4, 0.5) is 0 Å². The van der Waals surface area contributed by atoms with Crippen molar-refractivity contribution < 1.29 is 9.47 Å². The Morgan fingerprint density at radius 1 is 0.902 bits per heavy atom. The maximum atomic E-state index is 14.0. The van der Waals surface area contributed by atoms with Crippen LogP contribution in [-0.4, -0.2) is 11.7 Å². The van der Waals surface area contributed by atoms with Gasteiger partial charge in [0.05, 0.1) is 23.4 Å². The summed E-state index contributed by atoms with van der Waals surface area (Å²) in [6.07, 6.45) is 3.73. The fourth-order valence-electron chi connectivity index (χ4n) is 5.69. The molecule has 0 spiro atoms. The fraction of sp³-hybridized carbons (Fsp3) is 0.143. The maximum absolute atomic E-state index is 14.0. The summed E-state index contributed by atoms with van der Waals surface area (Å²) in [5, 5.41) is 0. The first-order valence-electron chi connectivity index (χ1n) is 13.7. The van der Waals surface area contributed by atoms with E-state index in [1.807, 2.05) is 77.4 Å². The van der Waals surface area contributed by atoms with E-state index in [2.05, 4.69) is 36.4 Å². The zero-order chi connectivity index (χ0) is 27.8. The molecule has 2 aliphatic rings. The minimum absolute atomic E-state index is 0.0319. The van der Waals surface area contributed by atoms with E-state index in [0.717, 1.165) is 52.3 Å². The molecule has 4 aromatic carbocycles. The summed E-state index contributed by atoms with van der Waals surface area (Å²) in [5.41, 5.74) is 7.68. The maximum Gasteiger partial charge on any atom is 0.271 e. The van der Waals surface area contributed by atoms with Crippen molar-refractivity contribution in [3.63, 3.8) is 0 Å². The minimum Gasteiger partial charge on any atom is -0.497 e. The Morgan fingerprint density at radius 2 is 1.71 bits per heavy atom. The van der Waals surface area contributed by atoms with Crippen molar-refractivity contribution in [3.8, 4) is 11.5 Å². The highest BCUT2D eigenvalue weighted by molar-refractivity contribution is 7.07. The molecule has 0 amide bonds. The Balaban J connectivity index is 1.32. The first-order valence-corrected chi connectivity index (χ1v) is 14.5. The lowest BCUT2D eigenvalue weighted by Crippen LogP contribution is -2.38. The summed E-state index contributed by atoms with van der Waals surface area (Å²) in [7, 11) is 1.67. The highest BCUT2D eigenvalue weighted by Gasteiger charge is 2.32. The van der Waals surface area contributed by atoms with E-state index in [4.69, 9.17) is 14.5 Å². The van der Waals surface area contributed by atoms with Crippen molar-refractivity contribution in [1.82, 2.24) is 4.57 Å². The molecule has 0 radical (unpaired) electrons. The van der Waals surface area contributed by atoms with E-state index in [1.165, 1.54) is 22.5 Å². The number of methoxy groups -OCH3 is 1. The standard InChI is InChI=1S/C35H28N2O3S/c1-39-27-17-14-26(15-18-27)33-30-19-16-25-11-5-6-13-29(25)32(30)36-35-37(33)34(38)31(41-35)21-24-10-7-12-28(20-24)40-22-23-8-3-2-4-9-23/h2-15,17-18,20-21,33H,16,19,22H2,1H3/b31-21+/t33-/m1/s1. The van der Waals surface area contributed by atoms with Gasteiger partial charge in [-0.15, -0.1) is 0 Å². The average molecular weight is 557 g/mol. The number of aryl methyl sites for hydroxylation is 1. The zero-order valence-corrected chi connectivity index (χ0v) is 23.4. The summed E-state index contributed by atoms with van der Waals surface area (Å²) in [6.45, 7) is 0.487. The molecule has 0 bridgehead atoms. The normalized spacial score (nSPS) is 15.9. The van der Waals surface area contributed by atoms with Gasteiger partial charge in [-0.25, -0.2) is 4.99 Å². The third kappa shape index (κ3) is 4.81. The van der Waals surface area contributed by atoms with Crippen LogP contribution in [0.5, 0.6) is 11.5 Å². The monoisotopic (exact) mass is 556 g/mol. The first kappa shape index (κ1) is 25.3. The third-order valence-corrected chi connectivity index (χ3v) is 8.69. The van der Waals surface area contributed by atoms with Crippen LogP contribution in [0, 0.1) is 0 Å². The molecule has 7 rings (SSSR count). The molecule has 0 unspecified atom stereocenters. The van der Waals surface area contributed by atoms with Gasteiger partial charge in [0.15, 0.2) is 4.80 Å². The summed E-state index contributed by atoms with van der Waals surface area (Å²) < 4.78 is 14.0. The molecule has 0 saturated carbocycles. The van der Waals surface area contributed by atoms with Gasteiger partial charge >= 0.3 is 0 Å². The second-order valence-electron chi connectivity index (χ2n) is 10.2. The smallest absolute Gasteiger partial charge is 0.271 e. The van der Waals surface area contributed by atoms with Crippen LogP contribution in [0.3, 0.4) is 0 Å². The van der Waals surface area contributed by atoms with Crippen LogP contribution in [-0.2, 0) is 13.0 Å². The number of fused-ring (bicyclic) bond motifs is 3. The van der Waals surface area contributed by atoms with Gasteiger partial charge in [-0.2, -0.15) is 0 Å². The Morgan fingerprint density at radius 3 is 2.54 bits per heavy atom. The van der Waals surface area contributed by atoms with Crippen LogP contribution in [0.15, 0.2) is 118 Å². The second kappa shape index (κ2) is 10.7. The Hall–Kier alpha value is -4.68. The van der Waals surface area contributed by atoms with Crippen LogP contribution >= 0.6 is 11.3 Å². The number of rotatable bonds is 6. The molecule has 5 aromatic rings. The number of allylic oxidation sites excluding steroid dienone is 1. The molecule has 5 nitrogen and oxygen atoms in total. The van der Waals surface area contributed by atoms with Gasteiger partial charge in [0.2, 0.25) is 0 Å². The van der Waals surface area contributed by atoms with Gasteiger partial charge in [0.25, 0.3) is 5.56 Å². The number of thiazole rings is 1. The van der Waals surface area contributed by atoms with Crippen molar-refractivity contribution in [2.24, 2.45) is 4.99 Å². The number of aromatic nitrogens is 1. The number of hydrogen-bond donors (Lipinski definition) is 0. The Kier molecular flexibility index (Phi) is 6.61. The number of benzene rings is 4. The highest BCUT2D eigenvalue weighted by Crippen LogP contribution is 2.41. The molecule has 0 fully saturated rings. The highest BCUT2D eigenvalue weighted by atomic mass is 32.1. The number of hydrogen-bond acceptors (Lipinski definition) is 5. The van der Waals surface area contributed by atoms with Crippen molar-refractivity contribution in [1.29, 1.82) is 0 Å². The topological polar surface area (TPSA) is 52.8 Å². The largest absolute Gasteiger partial charge is 0.497 e. The molecule has 1 atom stereocenters. The molecule has 202 valence electrons. The summed E-state index contributed by atoms with van der Waals surface area (Å²) in [4.78, 5) is 19.9. The Labute approximate surface area is 242 Å². The van der Waals surface area contributed by atoms with E-state index >= 15 is 0 Å². The minimum atomic E-state index is -0.219. The van der Waals surface area contributed by atoms with E-state index < -0.39 is 0 Å². The molecule has 1 aromatic heterocycles. The van der Waals surface area contributed by atoms with Crippen molar-refractivity contribution >= 4 is 23.1 Å². The number of ether oxygens (including phenoxy) is 2. The predicted molar refractivity (Wildman–Crippen MR) is 163 cm³/mol. The lowest BCUT2D eigenvalue weighted by molar-refractivity contribution is 0.306. The molecule has 6 heteroatoms. The van der Waals surface area contributed by atoms with Gasteiger partial charge in [-0.05, 0) is 71.0 Å². The van der Waals surface area contributed by atoms with Crippen LogP contribution in [0.25, 0.3) is 11.8 Å². The molecule has 2 heterocycles. The lowest BCUT2D eigenvalue weighted by Gasteiger charge is -2.30. The molecule has 0 N–H and O–H groups in total. The van der Waals surface area contributed by atoms with E-state index in [9.17, 15) is 4.79 Å². The fourth-order valence-corrected chi connectivity index (χ4v) is 6.70. The van der Waals surface area contributed by atoms with Crippen LogP contribution in [0.1, 0.15) is 40.3 Å². The molecule has 0 saturated heterocycles. The average Bonchev–Trinajstić information content (AvgIpc) is 3.33. The van der Waals surface area contributed by atoms with Crippen LogP contribution in [0.2, 0.25) is 0 Å². The summed E-state index contributed by atoms with van der Waals surface area (Å²) in [5.74, 6) is 1.55. The van der Waals surface area contributed by atoms with E-state index in [1.54, 1.807) is 7.11 Å². The zero-order valence-electron chi connectivity index (χ0n) is 22.6. The van der Waals surface area contributed by atoms with Crippen molar-refractivity contribution in [3.05, 3.63) is 156 Å². The Bertz CT molecular complexity index is 1950. The van der Waals surface area contributed by atoms with Crippen LogP contribution < -0.4 is 24.4 Å². The van der Waals surface area contributed by atoms with Gasteiger partial charge < -0.3 is 9.47 Å². The quantitative estimate of drug-likeness (QED) is 0.262. The van der Waals surface area contributed by atoms with E-state index in [0.29, 0.717) is 15.9 Å². The van der Waals surface area contributed by atoms with Gasteiger partial charge in [-0.3, -0.25) is 9.36 Å². The van der Waals surface area contributed by atoms with Gasteiger partial charge in [-0.1, -0.05) is 90.2 Å². The van der Waals surface area contributed by atoms with Crippen molar-refractivity contribution in [2.75, 3.05) is 7.11 Å². The molecule has 1 aliphatic heterocycles. The lowest BCUT2D eigenvalue weighted by atomic mass is 9.83. The molecular weight excluding hydrogens is 528 g/mol. The molecule has 41 heavy (non-hydrogen) atoms. The molecule has 1 aliphatic carbocycles. The molecular formula is C35H28N2O3S. The van der Waals surface area contributed by atoms with Crippen molar-refractivity contribution in [2.45, 2.75) is 25.5 Å². The third-order valence-electron chi connectivity index (χ3n) is 7.71.